The van der Waals surface area contributed by atoms with Crippen molar-refractivity contribution in [3.63, 3.8) is 0 Å². The number of benzene rings is 1. The molecule has 0 amide bonds. The minimum absolute atomic E-state index is 0.0928. The van der Waals surface area contributed by atoms with Crippen LogP contribution in [0, 0.1) is 23.1 Å². The third kappa shape index (κ3) is 2.95. The summed E-state index contributed by atoms with van der Waals surface area (Å²) in [6.07, 6.45) is 2.08. The molecule has 2 rings (SSSR count). The van der Waals surface area contributed by atoms with E-state index in [4.69, 9.17) is 10.00 Å². The largest absolute Gasteiger partial charge is 0.384 e. The van der Waals surface area contributed by atoms with Crippen LogP contribution in [0.25, 0.3) is 0 Å². The van der Waals surface area contributed by atoms with E-state index < -0.39 is 5.82 Å². The third-order valence-electron chi connectivity index (χ3n) is 3.02. The molecule has 3 nitrogen and oxygen atoms in total. The lowest BCUT2D eigenvalue weighted by Crippen LogP contribution is -2.10. The Morgan fingerprint density at radius 2 is 2.41 bits per heavy atom. The van der Waals surface area contributed by atoms with Gasteiger partial charge >= 0.3 is 0 Å². The Balaban J connectivity index is 1.90. The van der Waals surface area contributed by atoms with Crippen LogP contribution in [-0.2, 0) is 4.74 Å². The number of hydrogen-bond acceptors (Lipinski definition) is 3. The average Bonchev–Trinajstić information content (AvgIpc) is 2.82. The molecule has 90 valence electrons. The summed E-state index contributed by atoms with van der Waals surface area (Å²) in [5.74, 6) is 0.114. The molecule has 0 spiro atoms. The summed E-state index contributed by atoms with van der Waals surface area (Å²) < 4.78 is 18.6. The van der Waals surface area contributed by atoms with Gasteiger partial charge in [0.2, 0.25) is 0 Å². The van der Waals surface area contributed by atoms with Crippen molar-refractivity contribution >= 4 is 5.69 Å². The summed E-state index contributed by atoms with van der Waals surface area (Å²) in [6, 6.07) is 6.52. The van der Waals surface area contributed by atoms with Crippen molar-refractivity contribution in [3.05, 3.63) is 29.6 Å². The molecule has 0 aliphatic carbocycles. The SMILES string of the molecule is N#Cc1c(F)cccc1NCCC1CCOC1. The first-order chi connectivity index (χ1) is 8.31. The fourth-order valence-electron chi connectivity index (χ4n) is 2.01. The van der Waals surface area contributed by atoms with E-state index in [0.717, 1.165) is 32.6 Å². The average molecular weight is 234 g/mol. The van der Waals surface area contributed by atoms with Crippen LogP contribution in [0.15, 0.2) is 18.2 Å². The second kappa shape index (κ2) is 5.65. The van der Waals surface area contributed by atoms with Gasteiger partial charge in [0.1, 0.15) is 17.4 Å². The minimum atomic E-state index is -0.471. The van der Waals surface area contributed by atoms with E-state index >= 15 is 0 Å². The number of ether oxygens (including phenoxy) is 1. The summed E-state index contributed by atoms with van der Waals surface area (Å²) in [5, 5.41) is 12.0. The third-order valence-corrected chi connectivity index (χ3v) is 3.02. The fourth-order valence-corrected chi connectivity index (χ4v) is 2.01. The van der Waals surface area contributed by atoms with Gasteiger partial charge in [-0.3, -0.25) is 0 Å². The Morgan fingerprint density at radius 1 is 1.53 bits per heavy atom. The van der Waals surface area contributed by atoms with E-state index in [9.17, 15) is 4.39 Å². The predicted molar refractivity (Wildman–Crippen MR) is 63.1 cm³/mol. The van der Waals surface area contributed by atoms with Crippen LogP contribution in [-0.4, -0.2) is 19.8 Å². The lowest BCUT2D eigenvalue weighted by atomic mass is 10.1. The van der Waals surface area contributed by atoms with Gasteiger partial charge in [-0.05, 0) is 30.9 Å². The molecule has 1 fully saturated rings. The van der Waals surface area contributed by atoms with Gasteiger partial charge in [0, 0.05) is 19.8 Å². The molecule has 1 heterocycles. The van der Waals surface area contributed by atoms with Gasteiger partial charge in [-0.2, -0.15) is 5.26 Å². The first kappa shape index (κ1) is 11.9. The number of anilines is 1. The zero-order chi connectivity index (χ0) is 12.1. The van der Waals surface area contributed by atoms with Crippen molar-refractivity contribution in [2.24, 2.45) is 5.92 Å². The topological polar surface area (TPSA) is 45.0 Å². The van der Waals surface area contributed by atoms with E-state index in [2.05, 4.69) is 5.32 Å². The van der Waals surface area contributed by atoms with Crippen LogP contribution in [0.4, 0.5) is 10.1 Å². The van der Waals surface area contributed by atoms with Crippen molar-refractivity contribution < 1.29 is 9.13 Å². The van der Waals surface area contributed by atoms with Crippen LogP contribution in [0.3, 0.4) is 0 Å². The highest BCUT2D eigenvalue weighted by molar-refractivity contribution is 5.57. The van der Waals surface area contributed by atoms with E-state index in [-0.39, 0.29) is 5.56 Å². The molecule has 0 saturated carbocycles. The number of nitrogens with one attached hydrogen (secondary N) is 1. The zero-order valence-electron chi connectivity index (χ0n) is 9.58. The van der Waals surface area contributed by atoms with Crippen LogP contribution in [0.5, 0.6) is 0 Å². The molecule has 1 saturated heterocycles. The Hall–Kier alpha value is -1.60. The lowest BCUT2D eigenvalue weighted by Gasteiger charge is -2.11. The first-order valence-electron chi connectivity index (χ1n) is 5.81. The smallest absolute Gasteiger partial charge is 0.143 e. The maximum atomic E-state index is 13.3. The zero-order valence-corrected chi connectivity index (χ0v) is 9.58. The van der Waals surface area contributed by atoms with Gasteiger partial charge < -0.3 is 10.1 Å². The Bertz CT molecular complexity index is 422. The highest BCUT2D eigenvalue weighted by Crippen LogP contribution is 2.20. The molecule has 0 aromatic heterocycles. The van der Waals surface area contributed by atoms with Crippen molar-refractivity contribution in [2.45, 2.75) is 12.8 Å². The number of nitriles is 1. The van der Waals surface area contributed by atoms with Gasteiger partial charge in [-0.25, -0.2) is 4.39 Å². The molecule has 1 aliphatic heterocycles. The molecular formula is C13H15FN2O. The van der Waals surface area contributed by atoms with Crippen LogP contribution in [0.1, 0.15) is 18.4 Å². The molecule has 1 aliphatic rings. The Labute approximate surface area is 100 Å². The molecule has 1 N–H and O–H groups in total. The molecule has 0 bridgehead atoms. The van der Waals surface area contributed by atoms with Crippen molar-refractivity contribution in [1.82, 2.24) is 0 Å². The highest BCUT2D eigenvalue weighted by atomic mass is 19.1. The maximum Gasteiger partial charge on any atom is 0.143 e. The van der Waals surface area contributed by atoms with E-state index in [1.807, 2.05) is 6.07 Å². The quantitative estimate of drug-likeness (QED) is 0.870. The fraction of sp³-hybridized carbons (Fsp3) is 0.462. The minimum Gasteiger partial charge on any atom is -0.384 e. The van der Waals surface area contributed by atoms with Crippen LogP contribution < -0.4 is 5.32 Å². The monoisotopic (exact) mass is 234 g/mol. The van der Waals surface area contributed by atoms with Crippen LogP contribution >= 0.6 is 0 Å². The summed E-state index contributed by atoms with van der Waals surface area (Å²) in [4.78, 5) is 0. The molecule has 0 radical (unpaired) electrons. The number of hydrogen-bond donors (Lipinski definition) is 1. The van der Waals surface area contributed by atoms with Crippen molar-refractivity contribution in [1.29, 1.82) is 5.26 Å². The van der Waals surface area contributed by atoms with Gasteiger partial charge in [-0.15, -0.1) is 0 Å². The molecule has 4 heteroatoms. The van der Waals surface area contributed by atoms with E-state index in [1.54, 1.807) is 12.1 Å². The molecule has 1 atom stereocenters. The van der Waals surface area contributed by atoms with Gasteiger partial charge in [0.25, 0.3) is 0 Å². The normalized spacial score (nSPS) is 18.9. The summed E-state index contributed by atoms with van der Waals surface area (Å²) in [7, 11) is 0. The van der Waals surface area contributed by atoms with E-state index in [0.29, 0.717) is 11.6 Å². The second-order valence-electron chi connectivity index (χ2n) is 4.22. The summed E-state index contributed by atoms with van der Waals surface area (Å²) in [5.41, 5.74) is 0.668. The van der Waals surface area contributed by atoms with Crippen molar-refractivity contribution in [2.75, 3.05) is 25.1 Å². The number of nitrogens with zero attached hydrogens (tertiary/aromatic N) is 1. The van der Waals surface area contributed by atoms with Gasteiger partial charge in [0.15, 0.2) is 0 Å². The van der Waals surface area contributed by atoms with E-state index in [1.165, 1.54) is 6.07 Å². The van der Waals surface area contributed by atoms with Crippen LogP contribution in [0.2, 0.25) is 0 Å². The molecule has 1 aromatic rings. The number of rotatable bonds is 4. The molecule has 17 heavy (non-hydrogen) atoms. The van der Waals surface area contributed by atoms with Crippen molar-refractivity contribution in [3.8, 4) is 6.07 Å². The molecule has 1 unspecified atom stereocenters. The van der Waals surface area contributed by atoms with Gasteiger partial charge in [-0.1, -0.05) is 6.07 Å². The second-order valence-corrected chi connectivity index (χ2v) is 4.22. The maximum absolute atomic E-state index is 13.3. The number of halogens is 1. The lowest BCUT2D eigenvalue weighted by molar-refractivity contribution is 0.185. The summed E-state index contributed by atoms with van der Waals surface area (Å²) in [6.45, 7) is 2.40. The highest BCUT2D eigenvalue weighted by Gasteiger charge is 2.15. The standard InChI is InChI=1S/C13H15FN2O/c14-12-2-1-3-13(11(12)8-15)16-6-4-10-5-7-17-9-10/h1-3,10,16H,4-7,9H2. The summed E-state index contributed by atoms with van der Waals surface area (Å²) >= 11 is 0. The Morgan fingerprint density at radius 3 is 3.12 bits per heavy atom. The first-order valence-corrected chi connectivity index (χ1v) is 5.81. The molecular weight excluding hydrogens is 219 g/mol. The molecule has 1 aromatic carbocycles. The predicted octanol–water partition coefficient (Wildman–Crippen LogP) is 2.54. The Kier molecular flexibility index (Phi) is 3.94. The van der Waals surface area contributed by atoms with Gasteiger partial charge in [0.05, 0.1) is 5.69 Å².